The molecule has 3 rings (SSSR count). The van der Waals surface area contributed by atoms with Crippen molar-refractivity contribution in [1.29, 1.82) is 0 Å². The molecular weight excluding hydrogens is 334 g/mol. The molecule has 140 valence electrons. The Morgan fingerprint density at radius 1 is 1.35 bits per heavy atom. The lowest BCUT2D eigenvalue weighted by molar-refractivity contribution is 0.103. The Morgan fingerprint density at radius 2 is 2.15 bits per heavy atom. The third-order valence-electron chi connectivity index (χ3n) is 4.19. The number of amides is 1. The number of nitrogens with zero attached hydrogens (tertiary/aromatic N) is 4. The molecule has 1 aromatic carbocycles. The summed E-state index contributed by atoms with van der Waals surface area (Å²) in [5.41, 5.74) is 7.39. The molecule has 2 aromatic rings. The highest BCUT2D eigenvalue weighted by Crippen LogP contribution is 2.21. The molecule has 0 spiro atoms. The summed E-state index contributed by atoms with van der Waals surface area (Å²) in [6.45, 7) is 4.26. The van der Waals surface area contributed by atoms with Gasteiger partial charge in [0.25, 0.3) is 0 Å². The molecule has 1 amide bonds. The number of carbonyl (C=O) groups is 1. The van der Waals surface area contributed by atoms with E-state index in [1.54, 1.807) is 9.58 Å². The lowest BCUT2D eigenvalue weighted by Crippen LogP contribution is -2.29. The maximum Gasteiger partial charge on any atom is 0.410 e. The molecule has 1 saturated heterocycles. The van der Waals surface area contributed by atoms with Crippen LogP contribution in [-0.4, -0.2) is 51.7 Å². The smallest absolute Gasteiger partial charge is 0.410 e. The maximum absolute atomic E-state index is 12.2. The zero-order valence-corrected chi connectivity index (χ0v) is 15.0. The lowest BCUT2D eigenvalue weighted by Gasteiger charge is -2.16. The second-order valence-corrected chi connectivity index (χ2v) is 6.61. The summed E-state index contributed by atoms with van der Waals surface area (Å²) in [4.78, 5) is 13.9. The minimum Gasteiger partial charge on any atom is -0.445 e. The number of benzene rings is 1. The third-order valence-corrected chi connectivity index (χ3v) is 4.19. The molecular formula is C18H25N5O3. The molecule has 0 radical (unpaired) electrons. The van der Waals surface area contributed by atoms with Crippen LogP contribution in [-0.2, 0) is 22.7 Å². The van der Waals surface area contributed by atoms with Gasteiger partial charge in [0.15, 0.2) is 0 Å². The fourth-order valence-electron chi connectivity index (χ4n) is 2.84. The molecule has 2 atom stereocenters. The number of hydrogen-bond acceptors (Lipinski definition) is 6. The van der Waals surface area contributed by atoms with Crippen molar-refractivity contribution in [3.8, 4) is 0 Å². The third kappa shape index (κ3) is 5.03. The van der Waals surface area contributed by atoms with Gasteiger partial charge in [-0.3, -0.25) is 0 Å². The zero-order chi connectivity index (χ0) is 18.4. The standard InChI is InChI=1S/C18H25N5O3/c1-14(19)11-25-13-16-9-23(21-20-16)17-7-8-22(10-17)18(24)26-12-15-5-3-2-4-6-15/h2-6,9,14,17H,7-8,10-13,19H2,1H3. The first-order valence-corrected chi connectivity index (χ1v) is 8.81. The first kappa shape index (κ1) is 18.3. The van der Waals surface area contributed by atoms with Gasteiger partial charge >= 0.3 is 6.09 Å². The Kier molecular flexibility index (Phi) is 6.19. The van der Waals surface area contributed by atoms with Crippen molar-refractivity contribution in [3.05, 3.63) is 47.8 Å². The van der Waals surface area contributed by atoms with Crippen LogP contribution in [0.5, 0.6) is 0 Å². The summed E-state index contributed by atoms with van der Waals surface area (Å²) in [7, 11) is 0. The highest BCUT2D eigenvalue weighted by molar-refractivity contribution is 5.68. The number of carbonyl (C=O) groups excluding carboxylic acids is 1. The van der Waals surface area contributed by atoms with E-state index in [4.69, 9.17) is 15.2 Å². The van der Waals surface area contributed by atoms with Gasteiger partial charge in [0, 0.05) is 19.1 Å². The van der Waals surface area contributed by atoms with Crippen molar-refractivity contribution < 1.29 is 14.3 Å². The van der Waals surface area contributed by atoms with Crippen molar-refractivity contribution >= 4 is 6.09 Å². The summed E-state index contributed by atoms with van der Waals surface area (Å²) in [6, 6.07) is 9.76. The van der Waals surface area contributed by atoms with Crippen molar-refractivity contribution in [2.45, 2.75) is 38.6 Å². The predicted octanol–water partition coefficient (Wildman–Crippen LogP) is 1.73. The van der Waals surface area contributed by atoms with E-state index in [0.29, 0.717) is 26.3 Å². The number of aromatic nitrogens is 3. The van der Waals surface area contributed by atoms with Gasteiger partial charge in [0.05, 0.1) is 25.5 Å². The first-order valence-electron chi connectivity index (χ1n) is 8.81. The largest absolute Gasteiger partial charge is 0.445 e. The van der Waals surface area contributed by atoms with Gasteiger partial charge in [-0.1, -0.05) is 35.5 Å². The number of hydrogen-bond donors (Lipinski definition) is 1. The quantitative estimate of drug-likeness (QED) is 0.809. The van der Waals surface area contributed by atoms with E-state index in [2.05, 4.69) is 10.3 Å². The van der Waals surface area contributed by atoms with Crippen LogP contribution in [0.1, 0.15) is 30.6 Å². The molecule has 2 N–H and O–H groups in total. The van der Waals surface area contributed by atoms with Crippen molar-refractivity contribution in [2.75, 3.05) is 19.7 Å². The Hall–Kier alpha value is -2.45. The molecule has 26 heavy (non-hydrogen) atoms. The molecule has 1 aromatic heterocycles. The van der Waals surface area contributed by atoms with E-state index >= 15 is 0 Å². The second-order valence-electron chi connectivity index (χ2n) is 6.61. The Labute approximate surface area is 152 Å². The van der Waals surface area contributed by atoms with Crippen LogP contribution in [0.2, 0.25) is 0 Å². The molecule has 0 bridgehead atoms. The van der Waals surface area contributed by atoms with E-state index in [-0.39, 0.29) is 24.8 Å². The summed E-state index contributed by atoms with van der Waals surface area (Å²) < 4.78 is 12.7. The first-order chi connectivity index (χ1) is 12.6. The van der Waals surface area contributed by atoms with Gasteiger partial charge in [-0.05, 0) is 18.9 Å². The summed E-state index contributed by atoms with van der Waals surface area (Å²) >= 11 is 0. The van der Waals surface area contributed by atoms with E-state index in [0.717, 1.165) is 17.7 Å². The fraction of sp³-hybridized carbons (Fsp3) is 0.500. The van der Waals surface area contributed by atoms with Gasteiger partial charge in [-0.25, -0.2) is 9.48 Å². The van der Waals surface area contributed by atoms with Crippen LogP contribution in [0.25, 0.3) is 0 Å². The highest BCUT2D eigenvalue weighted by atomic mass is 16.6. The molecule has 1 aliphatic heterocycles. The van der Waals surface area contributed by atoms with Crippen molar-refractivity contribution in [3.63, 3.8) is 0 Å². The SMILES string of the molecule is CC(N)COCc1cn(C2CCN(C(=O)OCc3ccccc3)C2)nn1. The molecule has 2 heterocycles. The van der Waals surface area contributed by atoms with E-state index in [1.807, 2.05) is 43.5 Å². The van der Waals surface area contributed by atoms with Crippen LogP contribution < -0.4 is 5.73 Å². The second kappa shape index (κ2) is 8.77. The molecule has 0 saturated carbocycles. The normalized spacial score (nSPS) is 18.1. The monoisotopic (exact) mass is 359 g/mol. The molecule has 1 fully saturated rings. The Bertz CT molecular complexity index is 704. The number of rotatable bonds is 7. The van der Waals surface area contributed by atoms with E-state index in [9.17, 15) is 4.79 Å². The topological polar surface area (TPSA) is 95.5 Å². The number of likely N-dealkylation sites (tertiary alicyclic amines) is 1. The Morgan fingerprint density at radius 3 is 2.92 bits per heavy atom. The number of ether oxygens (including phenoxy) is 2. The van der Waals surface area contributed by atoms with Gasteiger partial charge in [-0.2, -0.15) is 0 Å². The molecule has 0 aliphatic carbocycles. The summed E-state index contributed by atoms with van der Waals surface area (Å²) in [6.07, 6.45) is 2.39. The summed E-state index contributed by atoms with van der Waals surface area (Å²) in [5.74, 6) is 0. The molecule has 2 unspecified atom stereocenters. The average Bonchev–Trinajstić information content (AvgIpc) is 3.29. The molecule has 8 nitrogen and oxygen atoms in total. The van der Waals surface area contributed by atoms with Crippen LogP contribution in [0.3, 0.4) is 0 Å². The fourth-order valence-corrected chi connectivity index (χ4v) is 2.84. The van der Waals surface area contributed by atoms with Gasteiger partial charge in [0.1, 0.15) is 12.3 Å². The van der Waals surface area contributed by atoms with Crippen LogP contribution in [0.15, 0.2) is 36.5 Å². The van der Waals surface area contributed by atoms with Crippen LogP contribution >= 0.6 is 0 Å². The number of nitrogens with two attached hydrogens (primary N) is 1. The maximum atomic E-state index is 12.2. The lowest BCUT2D eigenvalue weighted by atomic mass is 10.2. The van der Waals surface area contributed by atoms with Crippen molar-refractivity contribution in [2.24, 2.45) is 5.73 Å². The Balaban J connectivity index is 1.46. The van der Waals surface area contributed by atoms with E-state index < -0.39 is 0 Å². The molecule has 8 heteroatoms. The predicted molar refractivity (Wildman–Crippen MR) is 95.2 cm³/mol. The van der Waals surface area contributed by atoms with Crippen molar-refractivity contribution in [1.82, 2.24) is 19.9 Å². The highest BCUT2D eigenvalue weighted by Gasteiger charge is 2.29. The minimum atomic E-state index is -0.294. The van der Waals surface area contributed by atoms with Crippen LogP contribution in [0, 0.1) is 0 Å². The zero-order valence-electron chi connectivity index (χ0n) is 15.0. The van der Waals surface area contributed by atoms with Crippen LogP contribution in [0.4, 0.5) is 4.79 Å². The summed E-state index contributed by atoms with van der Waals surface area (Å²) in [5, 5.41) is 8.28. The minimum absolute atomic E-state index is 0.00432. The van der Waals surface area contributed by atoms with Gasteiger partial charge in [0.2, 0.25) is 0 Å². The van der Waals surface area contributed by atoms with Gasteiger partial charge < -0.3 is 20.1 Å². The van der Waals surface area contributed by atoms with E-state index in [1.165, 1.54) is 0 Å². The van der Waals surface area contributed by atoms with Gasteiger partial charge in [-0.15, -0.1) is 5.10 Å². The molecule has 1 aliphatic rings. The average molecular weight is 359 g/mol.